The Morgan fingerprint density at radius 3 is 2.46 bits per heavy atom. The van der Waals surface area contributed by atoms with Gasteiger partial charge in [0.25, 0.3) is 5.56 Å². The van der Waals surface area contributed by atoms with Gasteiger partial charge in [-0.3, -0.25) is 9.36 Å². The van der Waals surface area contributed by atoms with E-state index < -0.39 is 0 Å². The minimum Gasteiger partial charge on any atom is -0.497 e. The van der Waals surface area contributed by atoms with Crippen molar-refractivity contribution in [3.63, 3.8) is 0 Å². The third-order valence-electron chi connectivity index (χ3n) is 6.04. The van der Waals surface area contributed by atoms with E-state index in [9.17, 15) is 4.79 Å². The zero-order valence-corrected chi connectivity index (χ0v) is 23.8. The van der Waals surface area contributed by atoms with Gasteiger partial charge in [0.15, 0.2) is 0 Å². The van der Waals surface area contributed by atoms with Crippen molar-refractivity contribution < 1.29 is 9.47 Å². The highest BCUT2D eigenvalue weighted by atomic mass is 79.9. The molecule has 0 saturated heterocycles. The predicted molar refractivity (Wildman–Crippen MR) is 149 cm³/mol. The van der Waals surface area contributed by atoms with Crippen LogP contribution in [0.1, 0.15) is 49.1 Å². The molecule has 0 amide bonds. The minimum absolute atomic E-state index is 0.182. The van der Waals surface area contributed by atoms with Gasteiger partial charge in [-0.1, -0.05) is 45.0 Å². The highest BCUT2D eigenvalue weighted by molar-refractivity contribution is 9.10. The molecule has 2 aromatic carbocycles. The van der Waals surface area contributed by atoms with E-state index in [2.05, 4.69) is 46.7 Å². The van der Waals surface area contributed by atoms with E-state index >= 15 is 0 Å². The third kappa shape index (κ3) is 5.59. The molecule has 37 heavy (non-hydrogen) atoms. The highest BCUT2D eigenvalue weighted by Gasteiger charge is 2.21. The Morgan fingerprint density at radius 1 is 1.00 bits per heavy atom. The van der Waals surface area contributed by atoms with Gasteiger partial charge in [0.2, 0.25) is 5.88 Å². The van der Waals surface area contributed by atoms with E-state index in [-0.39, 0.29) is 27.9 Å². The number of methoxy groups -OCH3 is 1. The summed E-state index contributed by atoms with van der Waals surface area (Å²) in [6.07, 6.45) is 1.85. The first kappa shape index (κ1) is 26.5. The summed E-state index contributed by atoms with van der Waals surface area (Å²) in [5, 5.41) is 0. The van der Waals surface area contributed by atoms with Gasteiger partial charge in [-0.15, -0.1) is 0 Å². The lowest BCUT2D eigenvalue weighted by atomic mass is 9.95. The van der Waals surface area contributed by atoms with Crippen LogP contribution in [0.3, 0.4) is 0 Å². The number of nitrogens with zero attached hydrogens (tertiary/aromatic N) is 4. The zero-order valence-electron chi connectivity index (χ0n) is 22.2. The average Bonchev–Trinajstić information content (AvgIpc) is 2.86. The molecule has 4 aromatic rings. The van der Waals surface area contributed by atoms with Gasteiger partial charge >= 0.3 is 0 Å². The number of rotatable bonds is 6. The molecule has 0 atom stereocenters. The largest absolute Gasteiger partial charge is 0.497 e. The first-order valence-corrected chi connectivity index (χ1v) is 12.8. The Labute approximate surface area is 225 Å². The molecule has 192 valence electrons. The molecule has 0 aliphatic rings. The van der Waals surface area contributed by atoms with Gasteiger partial charge in [-0.25, -0.2) is 9.97 Å². The van der Waals surface area contributed by atoms with Crippen LogP contribution < -0.4 is 15.0 Å². The summed E-state index contributed by atoms with van der Waals surface area (Å²) in [4.78, 5) is 27.5. The summed E-state index contributed by atoms with van der Waals surface area (Å²) in [6, 6.07) is 13.6. The number of ether oxygens (including phenoxy) is 2. The summed E-state index contributed by atoms with van der Waals surface area (Å²) < 4.78 is 13.1. The van der Waals surface area contributed by atoms with Crippen LogP contribution in [0.5, 0.6) is 11.6 Å². The zero-order chi connectivity index (χ0) is 26.9. The Hall–Kier alpha value is -3.52. The van der Waals surface area contributed by atoms with E-state index in [1.54, 1.807) is 18.6 Å². The van der Waals surface area contributed by atoms with Crippen molar-refractivity contribution in [1.82, 2.24) is 19.5 Å². The fourth-order valence-corrected chi connectivity index (χ4v) is 4.35. The van der Waals surface area contributed by atoms with Crippen LogP contribution >= 0.6 is 15.9 Å². The molecule has 0 N–H and O–H groups in total. The summed E-state index contributed by atoms with van der Waals surface area (Å²) in [6.45, 7) is 12.3. The number of hydrogen-bond acceptors (Lipinski definition) is 6. The Kier molecular flexibility index (Phi) is 7.50. The van der Waals surface area contributed by atoms with E-state index in [1.807, 2.05) is 62.5 Å². The minimum atomic E-state index is -0.247. The standard InChI is InChI=1S/C29H31BrN4O3/c1-17-11-12-21(25-18(2)15-31-28(33-25)29(4,5)6)14-23(17)34-19(3)32-26(24(30)27(34)35)37-16-20-9-8-10-22(13-20)36-7/h8-15H,16H2,1-7H3. The van der Waals surface area contributed by atoms with Crippen molar-refractivity contribution in [3.05, 3.63) is 91.8 Å². The lowest BCUT2D eigenvalue weighted by Crippen LogP contribution is -2.24. The summed E-state index contributed by atoms with van der Waals surface area (Å²) in [5.74, 6) is 2.27. The second-order valence-electron chi connectivity index (χ2n) is 10.0. The summed E-state index contributed by atoms with van der Waals surface area (Å²) in [5.41, 5.74) is 4.88. The van der Waals surface area contributed by atoms with Gasteiger partial charge < -0.3 is 9.47 Å². The molecule has 0 aliphatic heterocycles. The number of halogens is 1. The fourth-order valence-electron chi connectivity index (χ4n) is 3.97. The number of benzene rings is 2. The molecule has 0 radical (unpaired) electrons. The summed E-state index contributed by atoms with van der Waals surface area (Å²) in [7, 11) is 1.62. The van der Waals surface area contributed by atoms with E-state index in [4.69, 9.17) is 14.5 Å². The van der Waals surface area contributed by atoms with Crippen LogP contribution in [0.15, 0.2) is 57.9 Å². The Balaban J connectivity index is 1.73. The quantitative estimate of drug-likeness (QED) is 0.276. The molecule has 0 bridgehead atoms. The van der Waals surface area contributed by atoms with Crippen LogP contribution in [0, 0.1) is 20.8 Å². The molecular formula is C29H31BrN4O3. The monoisotopic (exact) mass is 562 g/mol. The number of aromatic nitrogens is 4. The van der Waals surface area contributed by atoms with Crippen LogP contribution in [0.4, 0.5) is 0 Å². The molecular weight excluding hydrogens is 532 g/mol. The van der Waals surface area contributed by atoms with Crippen molar-refractivity contribution in [2.24, 2.45) is 0 Å². The maximum absolute atomic E-state index is 13.5. The second kappa shape index (κ2) is 10.5. The lowest BCUT2D eigenvalue weighted by Gasteiger charge is -2.19. The molecule has 0 spiro atoms. The molecule has 0 saturated carbocycles. The van der Waals surface area contributed by atoms with Gasteiger partial charge in [0.05, 0.1) is 18.5 Å². The topological polar surface area (TPSA) is 79.1 Å². The lowest BCUT2D eigenvalue weighted by molar-refractivity contribution is 0.288. The average molecular weight is 563 g/mol. The maximum atomic E-state index is 13.5. The normalized spacial score (nSPS) is 11.5. The van der Waals surface area contributed by atoms with Crippen molar-refractivity contribution in [1.29, 1.82) is 0 Å². The van der Waals surface area contributed by atoms with Crippen LogP contribution in [0.2, 0.25) is 0 Å². The smallest absolute Gasteiger partial charge is 0.276 e. The van der Waals surface area contributed by atoms with Crippen molar-refractivity contribution in [3.8, 4) is 28.6 Å². The predicted octanol–water partition coefficient (Wildman–Crippen LogP) is 6.26. The molecule has 7 nitrogen and oxygen atoms in total. The van der Waals surface area contributed by atoms with E-state index in [0.29, 0.717) is 5.82 Å². The molecule has 4 rings (SSSR count). The van der Waals surface area contributed by atoms with Gasteiger partial charge in [0.1, 0.15) is 28.5 Å². The SMILES string of the molecule is COc1cccc(COc2nc(C)n(-c3cc(-c4nc(C(C)(C)C)ncc4C)ccc3C)c(=O)c2Br)c1. The van der Waals surface area contributed by atoms with E-state index in [1.165, 1.54) is 0 Å². The third-order valence-corrected chi connectivity index (χ3v) is 6.72. The van der Waals surface area contributed by atoms with Gasteiger partial charge in [-0.2, -0.15) is 4.98 Å². The highest BCUT2D eigenvalue weighted by Crippen LogP contribution is 2.29. The summed E-state index contributed by atoms with van der Waals surface area (Å²) >= 11 is 3.43. The van der Waals surface area contributed by atoms with Crippen molar-refractivity contribution >= 4 is 15.9 Å². The molecule has 8 heteroatoms. The van der Waals surface area contributed by atoms with Crippen LogP contribution in [-0.2, 0) is 12.0 Å². The van der Waals surface area contributed by atoms with Crippen molar-refractivity contribution in [2.45, 2.75) is 53.6 Å². The first-order valence-electron chi connectivity index (χ1n) is 12.0. The van der Waals surface area contributed by atoms with Crippen LogP contribution in [0.25, 0.3) is 16.9 Å². The maximum Gasteiger partial charge on any atom is 0.276 e. The molecule has 0 fully saturated rings. The Bertz CT molecular complexity index is 1520. The Morgan fingerprint density at radius 2 is 1.76 bits per heavy atom. The molecule has 0 aliphatic carbocycles. The number of hydrogen-bond donors (Lipinski definition) is 0. The first-order chi connectivity index (χ1) is 17.5. The second-order valence-corrected chi connectivity index (χ2v) is 10.8. The van der Waals surface area contributed by atoms with Gasteiger partial charge in [0, 0.05) is 17.2 Å². The van der Waals surface area contributed by atoms with Crippen molar-refractivity contribution in [2.75, 3.05) is 7.11 Å². The molecule has 2 heterocycles. The van der Waals surface area contributed by atoms with Crippen LogP contribution in [-0.4, -0.2) is 26.6 Å². The number of aryl methyl sites for hydroxylation is 3. The molecule has 2 aromatic heterocycles. The van der Waals surface area contributed by atoms with Gasteiger partial charge in [-0.05, 0) is 71.6 Å². The molecule has 0 unspecified atom stereocenters. The van der Waals surface area contributed by atoms with E-state index in [0.717, 1.165) is 45.2 Å². The fraction of sp³-hybridized carbons (Fsp3) is 0.310.